The molecule has 0 radical (unpaired) electrons. The second kappa shape index (κ2) is 5.56. The Kier molecular flexibility index (Phi) is 4.07. The molecule has 17 heavy (non-hydrogen) atoms. The van der Waals surface area contributed by atoms with Crippen molar-refractivity contribution in [1.29, 1.82) is 0 Å². The summed E-state index contributed by atoms with van der Waals surface area (Å²) in [7, 11) is 0. The predicted octanol–water partition coefficient (Wildman–Crippen LogP) is 2.10. The van der Waals surface area contributed by atoms with Gasteiger partial charge in [0.05, 0.1) is 0 Å². The second-order valence-electron chi connectivity index (χ2n) is 4.44. The molecule has 0 bridgehead atoms. The first kappa shape index (κ1) is 12.5. The molecule has 1 aliphatic heterocycles. The van der Waals surface area contributed by atoms with E-state index in [1.165, 1.54) is 12.1 Å². The van der Waals surface area contributed by atoms with E-state index in [-0.39, 0.29) is 18.2 Å². The number of halogens is 2. The SMILES string of the molecule is OCCCCN1CCc2c(F)ccc(F)c2C1. The first-order chi connectivity index (χ1) is 8.22. The van der Waals surface area contributed by atoms with Crippen molar-refractivity contribution in [1.82, 2.24) is 4.90 Å². The summed E-state index contributed by atoms with van der Waals surface area (Å²) in [5.74, 6) is -0.607. The number of fused-ring (bicyclic) bond motifs is 1. The largest absolute Gasteiger partial charge is 0.396 e. The molecule has 0 fully saturated rings. The fraction of sp³-hybridized carbons (Fsp3) is 0.538. The molecule has 1 heterocycles. The van der Waals surface area contributed by atoms with Gasteiger partial charge in [0, 0.05) is 25.3 Å². The van der Waals surface area contributed by atoms with Crippen molar-refractivity contribution in [3.8, 4) is 0 Å². The first-order valence-corrected chi connectivity index (χ1v) is 6.01. The lowest BCUT2D eigenvalue weighted by atomic mass is 9.98. The molecule has 0 amide bonds. The minimum atomic E-state index is -0.312. The Morgan fingerprint density at radius 3 is 2.53 bits per heavy atom. The van der Waals surface area contributed by atoms with E-state index in [0.717, 1.165) is 25.9 Å². The van der Waals surface area contributed by atoms with Gasteiger partial charge in [0.25, 0.3) is 0 Å². The topological polar surface area (TPSA) is 23.5 Å². The van der Waals surface area contributed by atoms with E-state index < -0.39 is 0 Å². The van der Waals surface area contributed by atoms with Crippen molar-refractivity contribution in [3.05, 3.63) is 34.9 Å². The van der Waals surface area contributed by atoms with E-state index in [1.807, 2.05) is 0 Å². The summed E-state index contributed by atoms with van der Waals surface area (Å²) in [5, 5.41) is 8.71. The molecule has 0 aromatic heterocycles. The molecule has 0 saturated heterocycles. The average molecular weight is 241 g/mol. The number of benzene rings is 1. The van der Waals surface area contributed by atoms with Crippen LogP contribution in [0.5, 0.6) is 0 Å². The van der Waals surface area contributed by atoms with Gasteiger partial charge >= 0.3 is 0 Å². The van der Waals surface area contributed by atoms with E-state index in [1.54, 1.807) is 0 Å². The van der Waals surface area contributed by atoms with Crippen molar-refractivity contribution < 1.29 is 13.9 Å². The van der Waals surface area contributed by atoms with Crippen LogP contribution in [0.1, 0.15) is 24.0 Å². The molecule has 0 atom stereocenters. The lowest BCUT2D eigenvalue weighted by molar-refractivity contribution is 0.224. The highest BCUT2D eigenvalue weighted by Gasteiger charge is 2.21. The normalized spacial score (nSPS) is 15.9. The lowest BCUT2D eigenvalue weighted by Crippen LogP contribution is -2.32. The van der Waals surface area contributed by atoms with Crippen molar-refractivity contribution in [2.75, 3.05) is 19.7 Å². The number of rotatable bonds is 4. The second-order valence-corrected chi connectivity index (χ2v) is 4.44. The van der Waals surface area contributed by atoms with E-state index in [2.05, 4.69) is 4.90 Å². The Hall–Kier alpha value is -1.00. The van der Waals surface area contributed by atoms with Crippen LogP contribution in [0.4, 0.5) is 8.78 Å². The molecule has 2 rings (SSSR count). The van der Waals surface area contributed by atoms with E-state index >= 15 is 0 Å². The Morgan fingerprint density at radius 2 is 1.82 bits per heavy atom. The summed E-state index contributed by atoms with van der Waals surface area (Å²) >= 11 is 0. The summed E-state index contributed by atoms with van der Waals surface area (Å²) in [6, 6.07) is 2.40. The van der Waals surface area contributed by atoms with Gasteiger partial charge in [-0.05, 0) is 43.5 Å². The van der Waals surface area contributed by atoms with Gasteiger partial charge in [0.2, 0.25) is 0 Å². The van der Waals surface area contributed by atoms with E-state index in [9.17, 15) is 8.78 Å². The Labute approximate surface area is 99.9 Å². The maximum Gasteiger partial charge on any atom is 0.128 e. The van der Waals surface area contributed by atoms with Crippen LogP contribution in [0.25, 0.3) is 0 Å². The molecule has 4 heteroatoms. The van der Waals surface area contributed by atoms with Gasteiger partial charge in [0.15, 0.2) is 0 Å². The third-order valence-corrected chi connectivity index (χ3v) is 3.26. The van der Waals surface area contributed by atoms with Crippen LogP contribution >= 0.6 is 0 Å². The van der Waals surface area contributed by atoms with Crippen molar-refractivity contribution >= 4 is 0 Å². The summed E-state index contributed by atoms with van der Waals surface area (Å²) in [6.45, 7) is 2.26. The maximum atomic E-state index is 13.6. The van der Waals surface area contributed by atoms with Crippen LogP contribution in [0, 0.1) is 11.6 Å². The van der Waals surface area contributed by atoms with Crippen molar-refractivity contribution in [2.45, 2.75) is 25.8 Å². The van der Waals surface area contributed by atoms with Gasteiger partial charge in [-0.25, -0.2) is 8.78 Å². The van der Waals surface area contributed by atoms with Crippen LogP contribution in [0.15, 0.2) is 12.1 Å². The zero-order chi connectivity index (χ0) is 12.3. The highest BCUT2D eigenvalue weighted by atomic mass is 19.1. The summed E-state index contributed by atoms with van der Waals surface area (Å²) in [6.07, 6.45) is 2.22. The Bertz CT molecular complexity index is 395. The zero-order valence-electron chi connectivity index (χ0n) is 9.75. The smallest absolute Gasteiger partial charge is 0.128 e. The van der Waals surface area contributed by atoms with Gasteiger partial charge in [0.1, 0.15) is 11.6 Å². The molecule has 2 nitrogen and oxygen atoms in total. The third-order valence-electron chi connectivity index (χ3n) is 3.26. The number of unbranched alkanes of at least 4 members (excludes halogenated alkanes) is 1. The Morgan fingerprint density at radius 1 is 1.12 bits per heavy atom. The van der Waals surface area contributed by atoms with E-state index in [0.29, 0.717) is 24.1 Å². The van der Waals surface area contributed by atoms with Gasteiger partial charge in [-0.15, -0.1) is 0 Å². The summed E-state index contributed by atoms with van der Waals surface area (Å²) < 4.78 is 27.0. The van der Waals surface area contributed by atoms with Gasteiger partial charge in [-0.3, -0.25) is 4.90 Å². The monoisotopic (exact) mass is 241 g/mol. The maximum absolute atomic E-state index is 13.6. The predicted molar refractivity (Wildman–Crippen MR) is 61.7 cm³/mol. The van der Waals surface area contributed by atoms with Gasteiger partial charge in [-0.2, -0.15) is 0 Å². The lowest BCUT2D eigenvalue weighted by Gasteiger charge is -2.29. The fourth-order valence-corrected chi connectivity index (χ4v) is 2.29. The summed E-state index contributed by atoms with van der Waals surface area (Å²) in [4.78, 5) is 2.11. The highest BCUT2D eigenvalue weighted by Crippen LogP contribution is 2.24. The fourth-order valence-electron chi connectivity index (χ4n) is 2.29. The zero-order valence-corrected chi connectivity index (χ0v) is 9.75. The van der Waals surface area contributed by atoms with Gasteiger partial charge in [-0.1, -0.05) is 0 Å². The molecule has 0 spiro atoms. The summed E-state index contributed by atoms with van der Waals surface area (Å²) in [5.41, 5.74) is 1.03. The molecular weight excluding hydrogens is 224 g/mol. The molecule has 1 N–H and O–H groups in total. The average Bonchev–Trinajstić information content (AvgIpc) is 2.34. The molecule has 94 valence electrons. The number of hydrogen-bond acceptors (Lipinski definition) is 2. The standard InChI is InChI=1S/C13H17F2NO/c14-12-3-4-13(15)11-9-16(6-1-2-8-17)7-5-10(11)12/h3-4,17H,1-2,5-9H2. The molecule has 1 aliphatic rings. The van der Waals surface area contributed by atoms with Gasteiger partial charge < -0.3 is 5.11 Å². The van der Waals surface area contributed by atoms with Crippen LogP contribution < -0.4 is 0 Å². The van der Waals surface area contributed by atoms with Crippen LogP contribution in [0.3, 0.4) is 0 Å². The molecular formula is C13H17F2NO. The molecule has 0 aliphatic carbocycles. The molecule has 0 saturated carbocycles. The van der Waals surface area contributed by atoms with E-state index in [4.69, 9.17) is 5.11 Å². The Balaban J connectivity index is 2.05. The molecule has 1 aromatic rings. The number of nitrogens with zero attached hydrogens (tertiary/aromatic N) is 1. The first-order valence-electron chi connectivity index (χ1n) is 6.01. The minimum Gasteiger partial charge on any atom is -0.396 e. The third kappa shape index (κ3) is 2.82. The molecule has 0 unspecified atom stereocenters. The highest BCUT2D eigenvalue weighted by molar-refractivity contribution is 5.32. The quantitative estimate of drug-likeness (QED) is 0.816. The molecule has 1 aromatic carbocycles. The van der Waals surface area contributed by atoms with Crippen molar-refractivity contribution in [3.63, 3.8) is 0 Å². The van der Waals surface area contributed by atoms with Crippen LogP contribution in [0.2, 0.25) is 0 Å². The minimum absolute atomic E-state index is 0.188. The van der Waals surface area contributed by atoms with Crippen molar-refractivity contribution in [2.24, 2.45) is 0 Å². The van der Waals surface area contributed by atoms with Crippen LogP contribution in [-0.4, -0.2) is 29.7 Å². The van der Waals surface area contributed by atoms with Crippen LogP contribution in [-0.2, 0) is 13.0 Å². The number of aliphatic hydroxyl groups excluding tert-OH is 1. The number of aliphatic hydroxyl groups is 1. The number of hydrogen-bond donors (Lipinski definition) is 1.